The Balaban J connectivity index is 1.93. The van der Waals surface area contributed by atoms with Gasteiger partial charge in [0.2, 0.25) is 5.95 Å². The van der Waals surface area contributed by atoms with Crippen molar-refractivity contribution in [3.63, 3.8) is 0 Å². The van der Waals surface area contributed by atoms with Crippen LogP contribution in [0.3, 0.4) is 0 Å². The number of nitrogen functional groups attached to an aromatic ring is 1. The fraction of sp³-hybridized carbons (Fsp3) is 0.333. The quantitative estimate of drug-likeness (QED) is 0.941. The third kappa shape index (κ3) is 2.99. The summed E-state index contributed by atoms with van der Waals surface area (Å²) >= 11 is 1.65. The molecule has 0 saturated heterocycles. The van der Waals surface area contributed by atoms with E-state index in [0.29, 0.717) is 11.8 Å². The van der Waals surface area contributed by atoms with Gasteiger partial charge in [0.15, 0.2) is 5.82 Å². The van der Waals surface area contributed by atoms with Crippen molar-refractivity contribution < 1.29 is 0 Å². The highest BCUT2D eigenvalue weighted by Gasteiger charge is 2.35. The highest BCUT2D eigenvalue weighted by atomic mass is 32.1. The van der Waals surface area contributed by atoms with Crippen LogP contribution in [0.4, 0.5) is 11.9 Å². The lowest BCUT2D eigenvalue weighted by Gasteiger charge is -2.28. The number of anilines is 2. The van der Waals surface area contributed by atoms with Crippen LogP contribution >= 0.6 is 11.3 Å². The third-order valence-electron chi connectivity index (χ3n) is 3.32. The first-order valence-electron chi connectivity index (χ1n) is 7.01. The van der Waals surface area contributed by atoms with E-state index >= 15 is 0 Å². The number of hydrogen-bond acceptors (Lipinski definition) is 7. The topological polar surface area (TPSA) is 80.3 Å². The first kappa shape index (κ1) is 14.6. The Kier molecular flexibility index (Phi) is 3.66. The fourth-order valence-electron chi connectivity index (χ4n) is 2.47. The van der Waals surface area contributed by atoms with Gasteiger partial charge in [0.25, 0.3) is 5.95 Å². The minimum absolute atomic E-state index is 0.160. The van der Waals surface area contributed by atoms with Gasteiger partial charge in [-0.05, 0) is 44.4 Å². The number of thiophene rings is 1. The zero-order valence-corrected chi connectivity index (χ0v) is 13.6. The molecular weight excluding hydrogens is 296 g/mol. The molecule has 0 unspecified atom stereocenters. The van der Waals surface area contributed by atoms with Crippen LogP contribution < -0.4 is 10.7 Å². The Bertz CT molecular complexity index is 732. The monoisotopic (exact) mass is 314 g/mol. The van der Waals surface area contributed by atoms with Crippen molar-refractivity contribution in [3.8, 4) is 0 Å². The molecule has 0 bridgehead atoms. The molecule has 0 aliphatic carbocycles. The van der Waals surface area contributed by atoms with Crippen molar-refractivity contribution >= 4 is 41.1 Å². The number of hydrazone groups is 1. The van der Waals surface area contributed by atoms with Gasteiger partial charge in [0.05, 0.1) is 5.54 Å². The molecule has 0 saturated carbocycles. The van der Waals surface area contributed by atoms with E-state index in [9.17, 15) is 0 Å². The third-order valence-corrected chi connectivity index (χ3v) is 4.16. The van der Waals surface area contributed by atoms with Gasteiger partial charge in [-0.2, -0.15) is 20.1 Å². The average Bonchev–Trinajstić information content (AvgIpc) is 3.03. The molecule has 114 valence electrons. The Hall–Kier alpha value is -2.28. The first-order valence-corrected chi connectivity index (χ1v) is 7.89. The van der Waals surface area contributed by atoms with E-state index in [1.165, 1.54) is 0 Å². The molecule has 22 heavy (non-hydrogen) atoms. The number of aromatic nitrogens is 3. The second-order valence-corrected chi connectivity index (χ2v) is 6.82. The molecule has 1 aliphatic heterocycles. The average molecular weight is 314 g/mol. The van der Waals surface area contributed by atoms with Crippen molar-refractivity contribution in [3.05, 3.63) is 28.2 Å². The maximum Gasteiger partial charge on any atom is 0.252 e. The number of rotatable bonds is 3. The van der Waals surface area contributed by atoms with E-state index in [1.54, 1.807) is 11.3 Å². The number of hydrogen-bond donors (Lipinski definition) is 1. The van der Waals surface area contributed by atoms with E-state index in [4.69, 9.17) is 5.73 Å². The standard InChI is InChI=1S/C15H18N6S/c1-10-9-15(2,3)21(20-10)14-18-12(17-13(16)19-14)7-6-11-5-4-8-22-11/h4-8H,9H2,1-3H3,(H2,16,17,18,19)/b7-6+. The molecule has 3 rings (SSSR count). The molecule has 0 fully saturated rings. The second-order valence-electron chi connectivity index (χ2n) is 5.84. The van der Waals surface area contributed by atoms with Gasteiger partial charge < -0.3 is 5.73 Å². The zero-order chi connectivity index (χ0) is 15.7. The van der Waals surface area contributed by atoms with Crippen molar-refractivity contribution in [1.82, 2.24) is 15.0 Å². The van der Waals surface area contributed by atoms with E-state index in [2.05, 4.69) is 33.9 Å². The Morgan fingerprint density at radius 1 is 1.27 bits per heavy atom. The van der Waals surface area contributed by atoms with E-state index in [1.807, 2.05) is 41.6 Å². The van der Waals surface area contributed by atoms with Gasteiger partial charge in [-0.25, -0.2) is 5.01 Å². The summed E-state index contributed by atoms with van der Waals surface area (Å²) in [5, 5.41) is 8.37. The lowest BCUT2D eigenvalue weighted by molar-refractivity contribution is 0.505. The molecule has 2 aromatic rings. The smallest absolute Gasteiger partial charge is 0.252 e. The molecule has 2 aromatic heterocycles. The summed E-state index contributed by atoms with van der Waals surface area (Å²) in [5.41, 5.74) is 6.73. The van der Waals surface area contributed by atoms with Crippen molar-refractivity contribution in [1.29, 1.82) is 0 Å². The van der Waals surface area contributed by atoms with Crippen molar-refractivity contribution in [2.24, 2.45) is 5.10 Å². The normalized spacial score (nSPS) is 17.2. The largest absolute Gasteiger partial charge is 0.368 e. The van der Waals surface area contributed by atoms with Gasteiger partial charge >= 0.3 is 0 Å². The predicted molar refractivity (Wildman–Crippen MR) is 91.8 cm³/mol. The molecule has 6 nitrogen and oxygen atoms in total. The molecule has 0 atom stereocenters. The minimum atomic E-state index is -0.160. The van der Waals surface area contributed by atoms with E-state index in [0.717, 1.165) is 17.0 Å². The minimum Gasteiger partial charge on any atom is -0.368 e. The highest BCUT2D eigenvalue weighted by Crippen LogP contribution is 2.30. The Morgan fingerprint density at radius 3 is 2.73 bits per heavy atom. The summed E-state index contributed by atoms with van der Waals surface area (Å²) in [4.78, 5) is 14.0. The van der Waals surface area contributed by atoms with Crippen LogP contribution in [0.5, 0.6) is 0 Å². The maximum absolute atomic E-state index is 5.83. The molecule has 2 N–H and O–H groups in total. The molecule has 3 heterocycles. The number of nitrogens with zero attached hydrogens (tertiary/aromatic N) is 5. The zero-order valence-electron chi connectivity index (χ0n) is 12.8. The summed E-state index contributed by atoms with van der Waals surface area (Å²) in [6, 6.07) is 4.03. The van der Waals surface area contributed by atoms with Crippen LogP contribution in [-0.2, 0) is 0 Å². The summed E-state index contributed by atoms with van der Waals surface area (Å²) in [6.07, 6.45) is 4.68. The summed E-state index contributed by atoms with van der Waals surface area (Å²) in [7, 11) is 0. The Morgan fingerprint density at radius 2 is 2.09 bits per heavy atom. The summed E-state index contributed by atoms with van der Waals surface area (Å²) in [6.45, 7) is 6.21. The van der Waals surface area contributed by atoms with E-state index < -0.39 is 0 Å². The molecule has 0 spiro atoms. The molecule has 0 amide bonds. The van der Waals surface area contributed by atoms with Crippen LogP contribution in [0.25, 0.3) is 12.2 Å². The highest BCUT2D eigenvalue weighted by molar-refractivity contribution is 7.10. The molecular formula is C15H18N6S. The maximum atomic E-state index is 5.83. The first-order chi connectivity index (χ1) is 10.4. The van der Waals surface area contributed by atoms with Gasteiger partial charge in [-0.3, -0.25) is 0 Å². The van der Waals surface area contributed by atoms with Gasteiger partial charge in [0.1, 0.15) is 0 Å². The van der Waals surface area contributed by atoms with E-state index in [-0.39, 0.29) is 11.5 Å². The van der Waals surface area contributed by atoms with Crippen molar-refractivity contribution in [2.75, 3.05) is 10.7 Å². The van der Waals surface area contributed by atoms with Crippen LogP contribution in [0.2, 0.25) is 0 Å². The second kappa shape index (κ2) is 5.49. The predicted octanol–water partition coefficient (Wildman–Crippen LogP) is 3.05. The summed E-state index contributed by atoms with van der Waals surface area (Å²) in [5.74, 6) is 1.22. The van der Waals surface area contributed by atoms with Gasteiger partial charge in [-0.1, -0.05) is 6.07 Å². The number of nitrogens with two attached hydrogens (primary N) is 1. The summed E-state index contributed by atoms with van der Waals surface area (Å²) < 4.78 is 0. The molecule has 0 aromatic carbocycles. The SMILES string of the molecule is CC1=NN(c2nc(N)nc(/C=C/c3cccs3)n2)C(C)(C)C1. The van der Waals surface area contributed by atoms with Crippen LogP contribution in [0, 0.1) is 0 Å². The molecule has 1 aliphatic rings. The van der Waals surface area contributed by atoms with Crippen LogP contribution in [0.15, 0.2) is 22.6 Å². The molecule has 7 heteroatoms. The molecule has 0 radical (unpaired) electrons. The van der Waals surface area contributed by atoms with Gasteiger partial charge in [-0.15, -0.1) is 11.3 Å². The fourth-order valence-corrected chi connectivity index (χ4v) is 3.09. The van der Waals surface area contributed by atoms with Crippen LogP contribution in [-0.4, -0.2) is 26.2 Å². The lowest BCUT2D eigenvalue weighted by Crippen LogP contribution is -2.37. The van der Waals surface area contributed by atoms with Crippen molar-refractivity contribution in [2.45, 2.75) is 32.7 Å². The van der Waals surface area contributed by atoms with Crippen LogP contribution in [0.1, 0.15) is 37.9 Å². The van der Waals surface area contributed by atoms with Gasteiger partial charge in [0, 0.05) is 17.0 Å². The lowest BCUT2D eigenvalue weighted by atomic mass is 9.99. The Labute approximate surface area is 133 Å².